The Kier molecular flexibility index (Phi) is 5.53. The van der Waals surface area contributed by atoms with Gasteiger partial charge in [-0.05, 0) is 11.1 Å². The number of rotatable bonds is 7. The van der Waals surface area contributed by atoms with Crippen LogP contribution in [-0.4, -0.2) is 11.7 Å². The fraction of sp³-hybridized carbons (Fsp3) is 0.300. The minimum absolute atomic E-state index is 0.220. The van der Waals surface area contributed by atoms with Gasteiger partial charge in [0.15, 0.2) is 0 Å². The summed E-state index contributed by atoms with van der Waals surface area (Å²) >= 11 is 0. The quantitative estimate of drug-likeness (QED) is 0.751. The summed E-state index contributed by atoms with van der Waals surface area (Å²) in [6, 6.07) is 19.8. The second kappa shape index (κ2) is 7.39. The lowest BCUT2D eigenvalue weighted by Crippen LogP contribution is -2.31. The molecule has 22 heavy (non-hydrogen) atoms. The van der Waals surface area contributed by atoms with Crippen molar-refractivity contribution in [2.45, 2.75) is 26.1 Å². The Labute approximate surface area is 133 Å². The Hall–Kier alpha value is -1.90. The van der Waals surface area contributed by atoms with Gasteiger partial charge in [-0.1, -0.05) is 80.6 Å². The molecule has 2 aromatic carbocycles. The molecular formula is C20H24O2. The summed E-state index contributed by atoms with van der Waals surface area (Å²) in [7, 11) is 0. The summed E-state index contributed by atoms with van der Waals surface area (Å²) in [6.07, 6.45) is 0.895. The molecule has 2 rings (SSSR count). The van der Waals surface area contributed by atoms with Crippen LogP contribution in [0.25, 0.3) is 0 Å². The molecule has 2 heteroatoms. The largest absolute Gasteiger partial charge is 0.388 e. The van der Waals surface area contributed by atoms with E-state index in [0.29, 0.717) is 6.61 Å². The van der Waals surface area contributed by atoms with Gasteiger partial charge in [0.25, 0.3) is 0 Å². The van der Waals surface area contributed by atoms with Gasteiger partial charge in [-0.15, -0.1) is 6.58 Å². The van der Waals surface area contributed by atoms with Crippen LogP contribution in [0.15, 0.2) is 73.3 Å². The molecule has 0 spiro atoms. The SMILES string of the molecule is C=CCO[C@H](c1ccccc1)C(C)(C)[C@H](O)c1ccccc1. The molecule has 0 unspecified atom stereocenters. The number of hydrogen-bond donors (Lipinski definition) is 1. The predicted octanol–water partition coefficient (Wildman–Crippen LogP) is 4.69. The molecule has 0 fully saturated rings. The average molecular weight is 296 g/mol. The number of aliphatic hydroxyl groups is 1. The Bertz CT molecular complexity index is 575. The van der Waals surface area contributed by atoms with Gasteiger partial charge in [0, 0.05) is 5.41 Å². The smallest absolute Gasteiger partial charge is 0.0908 e. The van der Waals surface area contributed by atoms with Crippen molar-refractivity contribution in [3.05, 3.63) is 84.4 Å². The minimum Gasteiger partial charge on any atom is -0.388 e. The van der Waals surface area contributed by atoms with Crippen molar-refractivity contribution in [2.24, 2.45) is 5.41 Å². The van der Waals surface area contributed by atoms with Gasteiger partial charge < -0.3 is 9.84 Å². The average Bonchev–Trinajstić information content (AvgIpc) is 2.56. The first kappa shape index (κ1) is 16.5. The summed E-state index contributed by atoms with van der Waals surface area (Å²) < 4.78 is 6.01. The van der Waals surface area contributed by atoms with Crippen molar-refractivity contribution >= 4 is 0 Å². The molecule has 116 valence electrons. The Balaban J connectivity index is 2.34. The van der Waals surface area contributed by atoms with Crippen LogP contribution in [0.4, 0.5) is 0 Å². The van der Waals surface area contributed by atoms with Crippen LogP contribution in [0.2, 0.25) is 0 Å². The highest BCUT2D eigenvalue weighted by Gasteiger charge is 2.38. The van der Waals surface area contributed by atoms with Crippen molar-refractivity contribution in [3.8, 4) is 0 Å². The molecular weight excluding hydrogens is 272 g/mol. The molecule has 0 aliphatic carbocycles. The third kappa shape index (κ3) is 3.65. The number of ether oxygens (including phenoxy) is 1. The van der Waals surface area contributed by atoms with Crippen molar-refractivity contribution < 1.29 is 9.84 Å². The van der Waals surface area contributed by atoms with E-state index in [1.165, 1.54) is 0 Å². The molecule has 0 saturated heterocycles. The fourth-order valence-corrected chi connectivity index (χ4v) is 2.74. The zero-order valence-corrected chi connectivity index (χ0v) is 13.3. The molecule has 2 aromatic rings. The van der Waals surface area contributed by atoms with Crippen LogP contribution in [0.5, 0.6) is 0 Å². The van der Waals surface area contributed by atoms with E-state index in [-0.39, 0.29) is 6.10 Å². The molecule has 0 aliphatic heterocycles. The molecule has 0 heterocycles. The Morgan fingerprint density at radius 3 is 2.00 bits per heavy atom. The first-order valence-electron chi connectivity index (χ1n) is 7.58. The standard InChI is InChI=1S/C20H24O2/c1-4-15-22-19(17-13-9-6-10-14-17)20(2,3)18(21)16-11-7-5-8-12-16/h4-14,18-19,21H,1,15H2,2-3H3/t18-,19-/m1/s1. The van der Waals surface area contributed by atoms with E-state index in [9.17, 15) is 5.11 Å². The topological polar surface area (TPSA) is 29.5 Å². The van der Waals surface area contributed by atoms with E-state index in [1.807, 2.05) is 74.5 Å². The van der Waals surface area contributed by atoms with Crippen LogP contribution in [-0.2, 0) is 4.74 Å². The van der Waals surface area contributed by atoms with E-state index < -0.39 is 11.5 Å². The lowest BCUT2D eigenvalue weighted by atomic mass is 9.75. The van der Waals surface area contributed by atoms with Gasteiger partial charge >= 0.3 is 0 Å². The number of benzene rings is 2. The van der Waals surface area contributed by atoms with Gasteiger partial charge in [0.2, 0.25) is 0 Å². The van der Waals surface area contributed by atoms with Crippen LogP contribution >= 0.6 is 0 Å². The van der Waals surface area contributed by atoms with Gasteiger partial charge in [-0.2, -0.15) is 0 Å². The monoisotopic (exact) mass is 296 g/mol. The molecule has 0 aromatic heterocycles. The molecule has 1 N–H and O–H groups in total. The Morgan fingerprint density at radius 1 is 1.00 bits per heavy atom. The molecule has 0 amide bonds. The molecule has 0 bridgehead atoms. The zero-order chi connectivity index (χ0) is 16.0. The van der Waals surface area contributed by atoms with E-state index in [2.05, 4.69) is 6.58 Å². The third-order valence-corrected chi connectivity index (χ3v) is 3.98. The lowest BCUT2D eigenvalue weighted by Gasteiger charge is -2.38. The fourth-order valence-electron chi connectivity index (χ4n) is 2.74. The highest BCUT2D eigenvalue weighted by Crippen LogP contribution is 2.45. The van der Waals surface area contributed by atoms with E-state index in [0.717, 1.165) is 11.1 Å². The third-order valence-electron chi connectivity index (χ3n) is 3.98. The van der Waals surface area contributed by atoms with Crippen LogP contribution in [0.1, 0.15) is 37.2 Å². The van der Waals surface area contributed by atoms with E-state index in [4.69, 9.17) is 4.74 Å². The van der Waals surface area contributed by atoms with Gasteiger partial charge in [0.05, 0.1) is 18.8 Å². The minimum atomic E-state index is -0.622. The highest BCUT2D eigenvalue weighted by atomic mass is 16.5. The zero-order valence-electron chi connectivity index (χ0n) is 13.3. The normalized spacial score (nSPS) is 14.3. The molecule has 0 radical (unpaired) electrons. The van der Waals surface area contributed by atoms with Crippen molar-refractivity contribution in [2.75, 3.05) is 6.61 Å². The predicted molar refractivity (Wildman–Crippen MR) is 90.5 cm³/mol. The number of aliphatic hydroxyl groups excluding tert-OH is 1. The molecule has 2 nitrogen and oxygen atoms in total. The maximum absolute atomic E-state index is 10.9. The molecule has 2 atom stereocenters. The molecule has 0 aliphatic rings. The maximum Gasteiger partial charge on any atom is 0.0908 e. The van der Waals surface area contributed by atoms with Crippen molar-refractivity contribution in [1.82, 2.24) is 0 Å². The molecule has 0 saturated carbocycles. The summed E-state index contributed by atoms with van der Waals surface area (Å²) in [6.45, 7) is 8.24. The number of hydrogen-bond acceptors (Lipinski definition) is 2. The first-order valence-corrected chi connectivity index (χ1v) is 7.58. The van der Waals surface area contributed by atoms with Gasteiger partial charge in [-0.3, -0.25) is 0 Å². The summed E-state index contributed by atoms with van der Waals surface area (Å²) in [4.78, 5) is 0. The van der Waals surface area contributed by atoms with Gasteiger partial charge in [-0.25, -0.2) is 0 Å². The van der Waals surface area contributed by atoms with Crippen molar-refractivity contribution in [3.63, 3.8) is 0 Å². The van der Waals surface area contributed by atoms with Crippen molar-refractivity contribution in [1.29, 1.82) is 0 Å². The van der Waals surface area contributed by atoms with E-state index >= 15 is 0 Å². The van der Waals surface area contributed by atoms with Crippen LogP contribution < -0.4 is 0 Å². The lowest BCUT2D eigenvalue weighted by molar-refractivity contribution is -0.0823. The van der Waals surface area contributed by atoms with Gasteiger partial charge in [0.1, 0.15) is 0 Å². The second-order valence-corrected chi connectivity index (χ2v) is 6.05. The van der Waals surface area contributed by atoms with Crippen LogP contribution in [0.3, 0.4) is 0 Å². The summed E-state index contributed by atoms with van der Waals surface area (Å²) in [5, 5.41) is 10.9. The maximum atomic E-state index is 10.9. The Morgan fingerprint density at radius 2 is 1.50 bits per heavy atom. The first-order chi connectivity index (χ1) is 10.6. The highest BCUT2D eigenvalue weighted by molar-refractivity contribution is 5.24. The van der Waals surface area contributed by atoms with E-state index in [1.54, 1.807) is 6.08 Å². The second-order valence-electron chi connectivity index (χ2n) is 6.05. The van der Waals surface area contributed by atoms with Crippen LogP contribution in [0, 0.1) is 5.41 Å². The summed E-state index contributed by atoms with van der Waals surface area (Å²) in [5.74, 6) is 0. The summed E-state index contributed by atoms with van der Waals surface area (Å²) in [5.41, 5.74) is 1.48.